The van der Waals surface area contributed by atoms with E-state index in [-0.39, 0.29) is 16.6 Å². The van der Waals surface area contributed by atoms with Gasteiger partial charge in [-0.25, -0.2) is 4.98 Å². The SMILES string of the molecule is Cn1cc([N+](=O)[O-])c(C(=O)Nc2nc(-c3ccc(OC(F)F)cc3)cs2)n1. The number of alkyl halides is 2. The molecule has 3 rings (SSSR count). The van der Waals surface area contributed by atoms with Gasteiger partial charge in [0.2, 0.25) is 5.69 Å². The van der Waals surface area contributed by atoms with E-state index < -0.39 is 23.1 Å². The van der Waals surface area contributed by atoms with Crippen LogP contribution in [-0.4, -0.2) is 32.2 Å². The topological polar surface area (TPSA) is 112 Å². The fraction of sp³-hybridized carbons (Fsp3) is 0.133. The van der Waals surface area contributed by atoms with E-state index in [4.69, 9.17) is 0 Å². The van der Waals surface area contributed by atoms with Gasteiger partial charge in [0.1, 0.15) is 11.9 Å². The van der Waals surface area contributed by atoms with Crippen LogP contribution in [0.5, 0.6) is 5.75 Å². The summed E-state index contributed by atoms with van der Waals surface area (Å²) < 4.78 is 29.8. The number of anilines is 1. The van der Waals surface area contributed by atoms with E-state index in [2.05, 4.69) is 20.1 Å². The lowest BCUT2D eigenvalue weighted by Gasteiger charge is -2.04. The van der Waals surface area contributed by atoms with Crippen LogP contribution in [-0.2, 0) is 7.05 Å². The van der Waals surface area contributed by atoms with Gasteiger partial charge in [-0.15, -0.1) is 11.3 Å². The second-order valence-corrected chi connectivity index (χ2v) is 6.05. The molecule has 0 fully saturated rings. The van der Waals surface area contributed by atoms with E-state index in [1.807, 2.05) is 0 Å². The predicted octanol–water partition coefficient (Wildman–Crippen LogP) is 3.31. The third kappa shape index (κ3) is 4.23. The van der Waals surface area contributed by atoms with Crippen LogP contribution >= 0.6 is 11.3 Å². The highest BCUT2D eigenvalue weighted by atomic mass is 32.1. The van der Waals surface area contributed by atoms with Gasteiger partial charge < -0.3 is 4.74 Å². The summed E-state index contributed by atoms with van der Waals surface area (Å²) in [5.74, 6) is -0.746. The molecular weight excluding hydrogens is 384 g/mol. The van der Waals surface area contributed by atoms with Crippen LogP contribution in [0, 0.1) is 10.1 Å². The van der Waals surface area contributed by atoms with Gasteiger partial charge in [-0.2, -0.15) is 13.9 Å². The number of benzene rings is 1. The van der Waals surface area contributed by atoms with Crippen molar-refractivity contribution in [3.05, 3.63) is 51.7 Å². The van der Waals surface area contributed by atoms with Crippen LogP contribution < -0.4 is 10.1 Å². The molecule has 1 N–H and O–H groups in total. The van der Waals surface area contributed by atoms with Crippen molar-refractivity contribution < 1.29 is 23.2 Å². The average molecular weight is 395 g/mol. The van der Waals surface area contributed by atoms with Crippen LogP contribution in [0.25, 0.3) is 11.3 Å². The highest BCUT2D eigenvalue weighted by Gasteiger charge is 2.25. The average Bonchev–Trinajstić information content (AvgIpc) is 3.22. The quantitative estimate of drug-likeness (QED) is 0.506. The zero-order chi connectivity index (χ0) is 19.6. The standard InChI is InChI=1S/C15H11F2N5O4S/c1-21-6-11(22(24)25)12(20-21)13(23)19-15-18-10(7-27-15)8-2-4-9(5-3-8)26-14(16)17/h2-7,14H,1H3,(H,18,19,23). The van der Waals surface area contributed by atoms with Gasteiger partial charge in [0.15, 0.2) is 5.13 Å². The van der Waals surface area contributed by atoms with Crippen LogP contribution in [0.1, 0.15) is 10.5 Å². The number of ether oxygens (including phenoxy) is 1. The maximum atomic E-state index is 12.2. The fourth-order valence-electron chi connectivity index (χ4n) is 2.20. The number of nitrogens with zero attached hydrogens (tertiary/aromatic N) is 4. The fourth-order valence-corrected chi connectivity index (χ4v) is 2.91. The molecule has 0 bridgehead atoms. The number of halogens is 2. The molecule has 3 aromatic rings. The lowest BCUT2D eigenvalue weighted by atomic mass is 10.2. The molecule has 2 heterocycles. The Morgan fingerprint density at radius 1 is 1.37 bits per heavy atom. The molecule has 0 radical (unpaired) electrons. The number of rotatable bonds is 6. The lowest BCUT2D eigenvalue weighted by Crippen LogP contribution is -2.14. The Bertz CT molecular complexity index is 987. The molecule has 140 valence electrons. The van der Waals surface area contributed by atoms with E-state index in [9.17, 15) is 23.7 Å². The van der Waals surface area contributed by atoms with Crippen molar-refractivity contribution in [2.24, 2.45) is 7.05 Å². The van der Waals surface area contributed by atoms with Gasteiger partial charge in [-0.05, 0) is 24.3 Å². The van der Waals surface area contributed by atoms with Crippen molar-refractivity contribution in [3.63, 3.8) is 0 Å². The van der Waals surface area contributed by atoms with E-state index in [1.165, 1.54) is 23.9 Å². The minimum absolute atomic E-state index is 0.0139. The highest BCUT2D eigenvalue weighted by molar-refractivity contribution is 7.14. The summed E-state index contributed by atoms with van der Waals surface area (Å²) in [7, 11) is 1.46. The zero-order valence-electron chi connectivity index (χ0n) is 13.6. The van der Waals surface area contributed by atoms with Crippen molar-refractivity contribution in [2.45, 2.75) is 6.61 Å². The summed E-state index contributed by atoms with van der Waals surface area (Å²) in [5, 5.41) is 19.1. The molecule has 0 saturated carbocycles. The molecule has 27 heavy (non-hydrogen) atoms. The third-order valence-electron chi connectivity index (χ3n) is 3.32. The van der Waals surface area contributed by atoms with Crippen molar-refractivity contribution >= 4 is 28.1 Å². The molecule has 0 spiro atoms. The van der Waals surface area contributed by atoms with E-state index >= 15 is 0 Å². The Labute approximate surface area is 154 Å². The maximum absolute atomic E-state index is 12.2. The van der Waals surface area contributed by atoms with Gasteiger partial charge in [0.05, 0.1) is 10.6 Å². The molecule has 0 saturated heterocycles. The highest BCUT2D eigenvalue weighted by Crippen LogP contribution is 2.27. The Morgan fingerprint density at radius 3 is 2.70 bits per heavy atom. The molecule has 1 aromatic carbocycles. The van der Waals surface area contributed by atoms with Crippen LogP contribution in [0.3, 0.4) is 0 Å². The van der Waals surface area contributed by atoms with Crippen molar-refractivity contribution in [2.75, 3.05) is 5.32 Å². The Kier molecular flexibility index (Phi) is 5.07. The molecule has 0 atom stereocenters. The molecule has 1 amide bonds. The summed E-state index contributed by atoms with van der Waals surface area (Å²) in [6, 6.07) is 5.83. The summed E-state index contributed by atoms with van der Waals surface area (Å²) in [6.45, 7) is -2.91. The summed E-state index contributed by atoms with van der Waals surface area (Å²) in [5.41, 5.74) is 0.376. The van der Waals surface area contributed by atoms with Gasteiger partial charge in [0, 0.05) is 18.0 Å². The molecule has 12 heteroatoms. The van der Waals surface area contributed by atoms with Crippen molar-refractivity contribution in [3.8, 4) is 17.0 Å². The normalized spacial score (nSPS) is 10.8. The third-order valence-corrected chi connectivity index (χ3v) is 4.08. The van der Waals surface area contributed by atoms with E-state index in [0.717, 1.165) is 17.5 Å². The van der Waals surface area contributed by atoms with Crippen LogP contribution in [0.15, 0.2) is 35.8 Å². The first-order valence-corrected chi connectivity index (χ1v) is 8.21. The number of hydrogen-bond acceptors (Lipinski definition) is 7. The predicted molar refractivity (Wildman–Crippen MR) is 92.0 cm³/mol. The molecular formula is C15H11F2N5O4S. The smallest absolute Gasteiger partial charge is 0.387 e. The summed E-state index contributed by atoms with van der Waals surface area (Å²) >= 11 is 1.10. The maximum Gasteiger partial charge on any atom is 0.387 e. The first-order valence-electron chi connectivity index (χ1n) is 7.33. The second-order valence-electron chi connectivity index (χ2n) is 5.19. The van der Waals surface area contributed by atoms with Gasteiger partial charge in [-0.3, -0.25) is 24.9 Å². The zero-order valence-corrected chi connectivity index (χ0v) is 14.4. The first kappa shape index (κ1) is 18.4. The minimum atomic E-state index is -2.91. The molecule has 0 aliphatic heterocycles. The number of thiazole rings is 1. The molecule has 0 aliphatic rings. The number of nitrogens with one attached hydrogen (secondary N) is 1. The van der Waals surface area contributed by atoms with Gasteiger partial charge in [0.25, 0.3) is 5.91 Å². The molecule has 9 nitrogen and oxygen atoms in total. The first-order chi connectivity index (χ1) is 12.8. The molecule has 0 unspecified atom stereocenters. The summed E-state index contributed by atoms with van der Waals surface area (Å²) in [6.07, 6.45) is 1.13. The number of carbonyl (C=O) groups excluding carboxylic acids is 1. The Hall–Kier alpha value is -3.41. The van der Waals surface area contributed by atoms with Crippen molar-refractivity contribution in [1.29, 1.82) is 0 Å². The number of aryl methyl sites for hydroxylation is 1. The number of hydrogen-bond donors (Lipinski definition) is 1. The van der Waals surface area contributed by atoms with Crippen molar-refractivity contribution in [1.82, 2.24) is 14.8 Å². The monoisotopic (exact) mass is 395 g/mol. The lowest BCUT2D eigenvalue weighted by molar-refractivity contribution is -0.385. The van der Waals surface area contributed by atoms with E-state index in [1.54, 1.807) is 17.5 Å². The minimum Gasteiger partial charge on any atom is -0.435 e. The number of nitro groups is 1. The number of aromatic nitrogens is 3. The number of carbonyl (C=O) groups is 1. The number of amides is 1. The molecule has 2 aromatic heterocycles. The Balaban J connectivity index is 1.74. The Morgan fingerprint density at radius 2 is 2.07 bits per heavy atom. The van der Waals surface area contributed by atoms with Crippen LogP contribution in [0.2, 0.25) is 0 Å². The second kappa shape index (κ2) is 7.45. The molecule has 0 aliphatic carbocycles. The van der Waals surface area contributed by atoms with Crippen LogP contribution in [0.4, 0.5) is 19.6 Å². The largest absolute Gasteiger partial charge is 0.435 e. The van der Waals surface area contributed by atoms with Gasteiger partial charge in [-0.1, -0.05) is 0 Å². The van der Waals surface area contributed by atoms with Gasteiger partial charge >= 0.3 is 12.3 Å². The van der Waals surface area contributed by atoms with E-state index in [0.29, 0.717) is 11.3 Å². The summed E-state index contributed by atoms with van der Waals surface area (Å²) in [4.78, 5) is 26.7.